The first-order valence-corrected chi connectivity index (χ1v) is 6.37. The predicted molar refractivity (Wildman–Crippen MR) is 70.3 cm³/mol. The Morgan fingerprint density at radius 2 is 2.05 bits per heavy atom. The molecule has 0 heterocycles. The second-order valence-electron chi connectivity index (χ2n) is 4.88. The molecule has 1 aromatic carbocycles. The molecule has 0 amide bonds. The van der Waals surface area contributed by atoms with Crippen molar-refractivity contribution in [2.45, 2.75) is 32.1 Å². The van der Waals surface area contributed by atoms with Crippen LogP contribution in [0.4, 0.5) is 0 Å². The molecular formula is C15H18O4. The van der Waals surface area contributed by atoms with Gasteiger partial charge in [0.15, 0.2) is 0 Å². The molecule has 19 heavy (non-hydrogen) atoms. The summed E-state index contributed by atoms with van der Waals surface area (Å²) < 4.78 is 10.4. The second kappa shape index (κ2) is 5.03. The first kappa shape index (κ1) is 13.6. The fourth-order valence-corrected chi connectivity index (χ4v) is 2.47. The molecule has 4 nitrogen and oxygen atoms in total. The number of hydrogen-bond acceptors (Lipinski definition) is 4. The van der Waals surface area contributed by atoms with Crippen molar-refractivity contribution in [2.24, 2.45) is 0 Å². The van der Waals surface area contributed by atoms with Crippen molar-refractivity contribution in [2.75, 3.05) is 13.7 Å². The van der Waals surface area contributed by atoms with Crippen molar-refractivity contribution in [1.82, 2.24) is 0 Å². The lowest BCUT2D eigenvalue weighted by Crippen LogP contribution is -2.49. The maximum Gasteiger partial charge on any atom is 0.317 e. The van der Waals surface area contributed by atoms with E-state index in [0.717, 1.165) is 16.9 Å². The van der Waals surface area contributed by atoms with E-state index in [1.807, 2.05) is 25.1 Å². The van der Waals surface area contributed by atoms with Crippen molar-refractivity contribution < 1.29 is 19.1 Å². The van der Waals surface area contributed by atoms with Crippen molar-refractivity contribution in [3.05, 3.63) is 29.3 Å². The fraction of sp³-hybridized carbons (Fsp3) is 0.467. The Morgan fingerprint density at radius 1 is 1.37 bits per heavy atom. The monoisotopic (exact) mass is 262 g/mol. The van der Waals surface area contributed by atoms with Crippen molar-refractivity contribution in [1.29, 1.82) is 0 Å². The summed E-state index contributed by atoms with van der Waals surface area (Å²) >= 11 is 0. The number of esters is 1. The van der Waals surface area contributed by atoms with E-state index in [1.165, 1.54) is 0 Å². The van der Waals surface area contributed by atoms with E-state index in [-0.39, 0.29) is 24.6 Å². The van der Waals surface area contributed by atoms with Gasteiger partial charge in [-0.1, -0.05) is 12.1 Å². The highest BCUT2D eigenvalue weighted by Crippen LogP contribution is 2.43. The highest BCUT2D eigenvalue weighted by Gasteiger charge is 2.52. The number of carbonyl (C=O) groups is 2. The van der Waals surface area contributed by atoms with Crippen LogP contribution in [0.1, 0.15) is 30.9 Å². The highest BCUT2D eigenvalue weighted by atomic mass is 16.5. The summed E-state index contributed by atoms with van der Waals surface area (Å²) in [5, 5.41) is 0. The van der Waals surface area contributed by atoms with Gasteiger partial charge in [0.2, 0.25) is 0 Å². The zero-order valence-corrected chi connectivity index (χ0v) is 11.5. The Labute approximate surface area is 112 Å². The van der Waals surface area contributed by atoms with Crippen LogP contribution in [0, 0.1) is 6.92 Å². The van der Waals surface area contributed by atoms with Gasteiger partial charge in [-0.05, 0) is 31.0 Å². The molecular weight excluding hydrogens is 244 g/mol. The average Bonchev–Trinajstić information content (AvgIpc) is 2.35. The van der Waals surface area contributed by atoms with Gasteiger partial charge in [0.25, 0.3) is 0 Å². The number of ether oxygens (including phenoxy) is 2. The first-order valence-electron chi connectivity index (χ1n) is 6.37. The summed E-state index contributed by atoms with van der Waals surface area (Å²) in [5.74, 6) is 0.494. The van der Waals surface area contributed by atoms with Gasteiger partial charge in [-0.25, -0.2) is 0 Å². The Kier molecular flexibility index (Phi) is 3.60. The molecule has 1 fully saturated rings. The number of Topliss-reactive ketones (excluding diaryl/α,β-unsaturated/α-hetero) is 1. The smallest absolute Gasteiger partial charge is 0.317 e. The van der Waals surface area contributed by atoms with E-state index in [4.69, 9.17) is 9.47 Å². The van der Waals surface area contributed by atoms with E-state index in [1.54, 1.807) is 14.0 Å². The van der Waals surface area contributed by atoms with Crippen molar-refractivity contribution in [3.8, 4) is 5.75 Å². The van der Waals surface area contributed by atoms with Crippen LogP contribution >= 0.6 is 0 Å². The van der Waals surface area contributed by atoms with E-state index in [0.29, 0.717) is 6.61 Å². The summed E-state index contributed by atoms with van der Waals surface area (Å²) in [4.78, 5) is 23.5. The molecule has 0 aromatic heterocycles. The molecule has 0 atom stereocenters. The van der Waals surface area contributed by atoms with Crippen LogP contribution in [0.25, 0.3) is 0 Å². The number of rotatable bonds is 4. The van der Waals surface area contributed by atoms with Gasteiger partial charge >= 0.3 is 5.97 Å². The standard InChI is InChI=1S/C15H18O4/c1-4-19-14(17)15(8-12(16)9-15)11-6-5-10(2)13(7-11)18-3/h5-7H,4,8-9H2,1-3H3. The van der Waals surface area contributed by atoms with Gasteiger partial charge in [0.1, 0.15) is 16.9 Å². The summed E-state index contributed by atoms with van der Waals surface area (Å²) in [6.45, 7) is 4.02. The van der Waals surface area contributed by atoms with E-state index in [2.05, 4.69) is 0 Å². The lowest BCUT2D eigenvalue weighted by molar-refractivity contribution is -0.158. The molecule has 0 spiro atoms. The van der Waals surface area contributed by atoms with Gasteiger partial charge in [0.05, 0.1) is 13.7 Å². The van der Waals surface area contributed by atoms with E-state index < -0.39 is 5.41 Å². The average molecular weight is 262 g/mol. The molecule has 2 rings (SSSR count). The topological polar surface area (TPSA) is 52.6 Å². The molecule has 1 aliphatic carbocycles. The molecule has 0 aliphatic heterocycles. The highest BCUT2D eigenvalue weighted by molar-refractivity contribution is 6.02. The third-order valence-corrected chi connectivity index (χ3v) is 3.62. The summed E-state index contributed by atoms with van der Waals surface area (Å²) in [6.07, 6.45) is 0.441. The van der Waals surface area contributed by atoms with Crippen LogP contribution in [0.15, 0.2) is 18.2 Å². The fourth-order valence-electron chi connectivity index (χ4n) is 2.47. The normalized spacial score (nSPS) is 16.7. The molecule has 0 saturated heterocycles. The lowest BCUT2D eigenvalue weighted by Gasteiger charge is -2.38. The maximum atomic E-state index is 12.2. The van der Waals surface area contributed by atoms with Crippen LogP contribution in [-0.2, 0) is 19.7 Å². The van der Waals surface area contributed by atoms with Gasteiger partial charge in [-0.15, -0.1) is 0 Å². The van der Waals surface area contributed by atoms with Gasteiger partial charge < -0.3 is 9.47 Å². The van der Waals surface area contributed by atoms with Crippen LogP contribution in [0.3, 0.4) is 0 Å². The molecule has 4 heteroatoms. The van der Waals surface area contributed by atoms with E-state index >= 15 is 0 Å². The first-order chi connectivity index (χ1) is 9.03. The third kappa shape index (κ3) is 2.23. The third-order valence-electron chi connectivity index (χ3n) is 3.62. The summed E-state index contributed by atoms with van der Waals surface area (Å²) in [7, 11) is 1.59. The summed E-state index contributed by atoms with van der Waals surface area (Å²) in [6, 6.07) is 5.61. The zero-order valence-electron chi connectivity index (χ0n) is 11.5. The van der Waals surface area contributed by atoms with Crippen LogP contribution < -0.4 is 4.74 Å². The second-order valence-corrected chi connectivity index (χ2v) is 4.88. The molecule has 0 unspecified atom stereocenters. The minimum Gasteiger partial charge on any atom is -0.496 e. The number of aryl methyl sites for hydroxylation is 1. The Hall–Kier alpha value is -1.84. The minimum absolute atomic E-state index is 0.0904. The van der Waals surface area contributed by atoms with Crippen molar-refractivity contribution in [3.63, 3.8) is 0 Å². The largest absolute Gasteiger partial charge is 0.496 e. The Bertz CT molecular complexity index is 511. The van der Waals surface area contributed by atoms with Gasteiger partial charge in [-0.2, -0.15) is 0 Å². The van der Waals surface area contributed by atoms with Gasteiger partial charge in [-0.3, -0.25) is 9.59 Å². The van der Waals surface area contributed by atoms with Crippen LogP contribution in [-0.4, -0.2) is 25.5 Å². The number of methoxy groups -OCH3 is 1. The summed E-state index contributed by atoms with van der Waals surface area (Å²) in [5.41, 5.74) is 0.984. The molecule has 0 bridgehead atoms. The number of hydrogen-bond donors (Lipinski definition) is 0. The predicted octanol–water partition coefficient (Wildman–Crippen LogP) is 2.17. The van der Waals surface area contributed by atoms with Crippen molar-refractivity contribution >= 4 is 11.8 Å². The molecule has 1 aliphatic rings. The van der Waals surface area contributed by atoms with Crippen LogP contribution in [0.5, 0.6) is 5.75 Å². The minimum atomic E-state index is -0.811. The van der Waals surface area contributed by atoms with Crippen LogP contribution in [0.2, 0.25) is 0 Å². The Balaban J connectivity index is 2.40. The molecule has 0 N–H and O–H groups in total. The Morgan fingerprint density at radius 3 is 2.58 bits per heavy atom. The molecule has 0 radical (unpaired) electrons. The maximum absolute atomic E-state index is 12.2. The SMILES string of the molecule is CCOC(=O)C1(c2ccc(C)c(OC)c2)CC(=O)C1. The lowest BCUT2D eigenvalue weighted by atomic mass is 9.63. The number of ketones is 1. The molecule has 1 aromatic rings. The molecule has 1 saturated carbocycles. The zero-order chi connectivity index (χ0) is 14.0. The molecule has 102 valence electrons. The number of benzene rings is 1. The quantitative estimate of drug-likeness (QED) is 0.780. The van der Waals surface area contributed by atoms with Gasteiger partial charge in [0, 0.05) is 12.8 Å². The number of carbonyl (C=O) groups excluding carboxylic acids is 2. The van der Waals surface area contributed by atoms with E-state index in [9.17, 15) is 9.59 Å².